The van der Waals surface area contributed by atoms with Gasteiger partial charge in [0.25, 0.3) is 0 Å². The molecule has 1 aliphatic heterocycles. The molecule has 1 heterocycles. The fraction of sp³-hybridized carbons (Fsp3) is 1.00. The lowest BCUT2D eigenvalue weighted by Gasteiger charge is -2.22. The van der Waals surface area contributed by atoms with Crippen LogP contribution in [0.1, 0.15) is 32.6 Å². The summed E-state index contributed by atoms with van der Waals surface area (Å²) >= 11 is 0. The summed E-state index contributed by atoms with van der Waals surface area (Å²) in [5, 5.41) is 3.34. The van der Waals surface area contributed by atoms with Crippen LogP contribution in [0, 0.1) is 0 Å². The summed E-state index contributed by atoms with van der Waals surface area (Å²) in [5.41, 5.74) is 0. The molecule has 66 valence electrons. The van der Waals surface area contributed by atoms with Gasteiger partial charge in [0.1, 0.15) is 0 Å². The molecule has 0 aliphatic carbocycles. The molecule has 0 saturated carbocycles. The van der Waals surface area contributed by atoms with E-state index in [2.05, 4.69) is 12.2 Å². The van der Waals surface area contributed by atoms with E-state index in [4.69, 9.17) is 4.74 Å². The average molecular weight is 157 g/mol. The van der Waals surface area contributed by atoms with E-state index in [1.807, 2.05) is 0 Å². The van der Waals surface area contributed by atoms with Crippen LogP contribution in [0.2, 0.25) is 0 Å². The highest BCUT2D eigenvalue weighted by Gasteiger charge is 2.11. The van der Waals surface area contributed by atoms with Gasteiger partial charge in [-0.3, -0.25) is 0 Å². The van der Waals surface area contributed by atoms with Crippen molar-refractivity contribution in [3.63, 3.8) is 0 Å². The first-order valence-electron chi connectivity index (χ1n) is 4.76. The van der Waals surface area contributed by atoms with Crippen LogP contribution in [-0.4, -0.2) is 25.8 Å². The number of hydrogen-bond donors (Lipinski definition) is 1. The van der Waals surface area contributed by atoms with E-state index in [-0.39, 0.29) is 0 Å². The number of rotatable bonds is 4. The molecule has 2 nitrogen and oxygen atoms in total. The van der Waals surface area contributed by atoms with E-state index < -0.39 is 0 Å². The van der Waals surface area contributed by atoms with Crippen molar-refractivity contribution in [2.45, 2.75) is 38.7 Å². The first-order chi connectivity index (χ1) is 5.43. The molecule has 1 rings (SSSR count). The van der Waals surface area contributed by atoms with Gasteiger partial charge in [-0.2, -0.15) is 0 Å². The topological polar surface area (TPSA) is 21.3 Å². The predicted molar refractivity (Wildman–Crippen MR) is 46.8 cm³/mol. The van der Waals surface area contributed by atoms with Crippen molar-refractivity contribution < 1.29 is 4.74 Å². The van der Waals surface area contributed by atoms with E-state index in [0.717, 1.165) is 13.2 Å². The number of ether oxygens (including phenoxy) is 1. The minimum Gasteiger partial charge on any atom is -0.377 e. The highest BCUT2D eigenvalue weighted by molar-refractivity contribution is 4.68. The van der Waals surface area contributed by atoms with Gasteiger partial charge < -0.3 is 10.1 Å². The van der Waals surface area contributed by atoms with Gasteiger partial charge in [0, 0.05) is 13.2 Å². The van der Waals surface area contributed by atoms with Gasteiger partial charge in [-0.25, -0.2) is 0 Å². The molecule has 11 heavy (non-hydrogen) atoms. The van der Waals surface area contributed by atoms with Crippen molar-refractivity contribution in [3.8, 4) is 0 Å². The molecule has 0 amide bonds. The van der Waals surface area contributed by atoms with Gasteiger partial charge in [-0.15, -0.1) is 0 Å². The molecule has 1 aliphatic rings. The minimum atomic E-state index is 0.496. The van der Waals surface area contributed by atoms with Crippen LogP contribution in [0.25, 0.3) is 0 Å². The van der Waals surface area contributed by atoms with Crippen LogP contribution >= 0.6 is 0 Å². The van der Waals surface area contributed by atoms with Gasteiger partial charge in [-0.1, -0.05) is 13.3 Å². The zero-order valence-corrected chi connectivity index (χ0v) is 7.44. The largest absolute Gasteiger partial charge is 0.377 e. The Kier molecular flexibility index (Phi) is 4.55. The van der Waals surface area contributed by atoms with Gasteiger partial charge in [0.2, 0.25) is 0 Å². The molecule has 1 fully saturated rings. The molecule has 0 aromatic carbocycles. The second-order valence-corrected chi connectivity index (χ2v) is 3.19. The lowest BCUT2D eigenvalue weighted by Crippen LogP contribution is -2.35. The van der Waals surface area contributed by atoms with E-state index in [0.29, 0.717) is 6.10 Å². The second kappa shape index (κ2) is 5.56. The lowest BCUT2D eigenvalue weighted by molar-refractivity contribution is 0.0354. The lowest BCUT2D eigenvalue weighted by atomic mass is 10.1. The van der Waals surface area contributed by atoms with E-state index >= 15 is 0 Å². The zero-order chi connectivity index (χ0) is 7.94. The SMILES string of the molecule is CCCCO[C@H]1CCCNC1. The van der Waals surface area contributed by atoms with Crippen LogP contribution in [0.4, 0.5) is 0 Å². The van der Waals surface area contributed by atoms with Crippen LogP contribution in [0.5, 0.6) is 0 Å². The van der Waals surface area contributed by atoms with Gasteiger partial charge in [0.15, 0.2) is 0 Å². The van der Waals surface area contributed by atoms with Crippen molar-refractivity contribution in [3.05, 3.63) is 0 Å². The van der Waals surface area contributed by atoms with Crippen molar-refractivity contribution in [1.82, 2.24) is 5.32 Å². The standard InChI is InChI=1S/C9H19NO/c1-2-3-7-11-9-5-4-6-10-8-9/h9-10H,2-8H2,1H3/t9-/m0/s1. The van der Waals surface area contributed by atoms with Gasteiger partial charge >= 0.3 is 0 Å². The molecule has 0 unspecified atom stereocenters. The normalized spacial score (nSPS) is 25.4. The third-order valence-electron chi connectivity index (χ3n) is 2.10. The van der Waals surface area contributed by atoms with Crippen LogP contribution < -0.4 is 5.32 Å². The molecular weight excluding hydrogens is 138 g/mol. The molecule has 1 N–H and O–H groups in total. The summed E-state index contributed by atoms with van der Waals surface area (Å²) in [6.45, 7) is 5.38. The van der Waals surface area contributed by atoms with Crippen molar-refractivity contribution in [1.29, 1.82) is 0 Å². The molecule has 0 aromatic rings. The maximum Gasteiger partial charge on any atom is 0.0699 e. The second-order valence-electron chi connectivity index (χ2n) is 3.19. The van der Waals surface area contributed by atoms with E-state index in [1.165, 1.54) is 32.2 Å². The average Bonchev–Trinajstić information content (AvgIpc) is 2.07. The maximum absolute atomic E-state index is 5.66. The molecule has 0 spiro atoms. The van der Waals surface area contributed by atoms with Crippen LogP contribution in [0.15, 0.2) is 0 Å². The summed E-state index contributed by atoms with van der Waals surface area (Å²) < 4.78 is 5.66. The molecule has 0 bridgehead atoms. The minimum absolute atomic E-state index is 0.496. The quantitative estimate of drug-likeness (QED) is 0.625. The molecular formula is C9H19NO. The number of nitrogens with one attached hydrogen (secondary N) is 1. The summed E-state index contributed by atoms with van der Waals surface area (Å²) in [6, 6.07) is 0. The Bertz CT molecular complexity index is 89.6. The maximum atomic E-state index is 5.66. The highest BCUT2D eigenvalue weighted by atomic mass is 16.5. The number of piperidine rings is 1. The molecule has 1 saturated heterocycles. The summed E-state index contributed by atoms with van der Waals surface area (Å²) in [6.07, 6.45) is 5.46. The molecule has 1 atom stereocenters. The molecule has 2 heteroatoms. The summed E-state index contributed by atoms with van der Waals surface area (Å²) in [7, 11) is 0. The third-order valence-corrected chi connectivity index (χ3v) is 2.10. The van der Waals surface area contributed by atoms with Crippen molar-refractivity contribution in [2.75, 3.05) is 19.7 Å². The van der Waals surface area contributed by atoms with Gasteiger partial charge in [0.05, 0.1) is 6.10 Å². The Morgan fingerprint density at radius 2 is 2.45 bits per heavy atom. The predicted octanol–water partition coefficient (Wildman–Crippen LogP) is 1.56. The van der Waals surface area contributed by atoms with E-state index in [1.54, 1.807) is 0 Å². The Balaban J connectivity index is 1.96. The highest BCUT2D eigenvalue weighted by Crippen LogP contribution is 2.06. The Hall–Kier alpha value is -0.0800. The van der Waals surface area contributed by atoms with Gasteiger partial charge in [-0.05, 0) is 25.8 Å². The third kappa shape index (κ3) is 3.73. The Morgan fingerprint density at radius 1 is 1.55 bits per heavy atom. The monoisotopic (exact) mass is 157 g/mol. The van der Waals surface area contributed by atoms with Crippen molar-refractivity contribution >= 4 is 0 Å². The number of unbranched alkanes of at least 4 members (excludes halogenated alkanes) is 1. The van der Waals surface area contributed by atoms with E-state index in [9.17, 15) is 0 Å². The smallest absolute Gasteiger partial charge is 0.0699 e. The summed E-state index contributed by atoms with van der Waals surface area (Å²) in [5.74, 6) is 0. The molecule has 0 aromatic heterocycles. The first kappa shape index (κ1) is 9.01. The molecule has 0 radical (unpaired) electrons. The summed E-state index contributed by atoms with van der Waals surface area (Å²) in [4.78, 5) is 0. The van der Waals surface area contributed by atoms with Crippen LogP contribution in [0.3, 0.4) is 0 Å². The zero-order valence-electron chi connectivity index (χ0n) is 7.44. The number of hydrogen-bond acceptors (Lipinski definition) is 2. The fourth-order valence-electron chi connectivity index (χ4n) is 1.36. The van der Waals surface area contributed by atoms with Crippen molar-refractivity contribution in [2.24, 2.45) is 0 Å². The first-order valence-corrected chi connectivity index (χ1v) is 4.76. The van der Waals surface area contributed by atoms with Crippen LogP contribution in [-0.2, 0) is 4.74 Å². The Morgan fingerprint density at radius 3 is 3.09 bits per heavy atom. The Labute approximate surface area is 69.3 Å². The fourth-order valence-corrected chi connectivity index (χ4v) is 1.36.